The van der Waals surface area contributed by atoms with Crippen molar-refractivity contribution in [3.05, 3.63) is 29.3 Å². The maximum absolute atomic E-state index is 12.3. The lowest BCUT2D eigenvalue weighted by atomic mass is 10.2. The largest absolute Gasteiger partial charge is 0.370 e. The number of nitrogens with zero attached hydrogens (tertiary/aromatic N) is 2. The van der Waals surface area contributed by atoms with Gasteiger partial charge in [-0.1, -0.05) is 12.1 Å². The summed E-state index contributed by atoms with van der Waals surface area (Å²) in [6.45, 7) is 9.73. The second-order valence-corrected chi connectivity index (χ2v) is 6.81. The second-order valence-electron chi connectivity index (χ2n) is 5.08. The average Bonchev–Trinajstić information content (AvgIpc) is 2.47. The van der Waals surface area contributed by atoms with Gasteiger partial charge in [0.25, 0.3) is 0 Å². The number of halogens is 1. The summed E-state index contributed by atoms with van der Waals surface area (Å²) >= 11 is 0. The zero-order chi connectivity index (χ0) is 16.8. The van der Waals surface area contributed by atoms with Crippen molar-refractivity contribution in [2.75, 3.05) is 26.2 Å². The molecule has 0 bridgehead atoms. The van der Waals surface area contributed by atoms with E-state index in [0.29, 0.717) is 17.4 Å². The highest BCUT2D eigenvalue weighted by atomic mass is 127. The number of benzene rings is 1. The van der Waals surface area contributed by atoms with Crippen molar-refractivity contribution in [3.8, 4) is 0 Å². The third-order valence-corrected chi connectivity index (χ3v) is 5.00. The van der Waals surface area contributed by atoms with Crippen LogP contribution in [-0.2, 0) is 10.0 Å². The molecule has 23 heavy (non-hydrogen) atoms. The molecule has 0 atom stereocenters. The fourth-order valence-electron chi connectivity index (χ4n) is 2.07. The van der Waals surface area contributed by atoms with Crippen molar-refractivity contribution in [3.63, 3.8) is 0 Å². The fraction of sp³-hybridized carbons (Fsp3) is 0.533. The Bertz CT molecular complexity index is 628. The van der Waals surface area contributed by atoms with Gasteiger partial charge < -0.3 is 10.6 Å². The Kier molecular flexibility index (Phi) is 9.71. The van der Waals surface area contributed by atoms with Crippen LogP contribution in [0, 0.1) is 13.8 Å². The number of hydrogen-bond donors (Lipinski definition) is 2. The second kappa shape index (κ2) is 10.1. The molecule has 0 aliphatic heterocycles. The Labute approximate surface area is 156 Å². The SMILES string of the molecule is CCN(CC)C(N)=NCCNS(=O)(=O)c1cc(C)ccc1C.I. The molecule has 0 saturated carbocycles. The first-order valence-electron chi connectivity index (χ1n) is 7.43. The van der Waals surface area contributed by atoms with Crippen molar-refractivity contribution in [2.24, 2.45) is 10.7 Å². The summed E-state index contributed by atoms with van der Waals surface area (Å²) in [7, 11) is -3.52. The van der Waals surface area contributed by atoms with Gasteiger partial charge in [0.05, 0.1) is 11.4 Å². The van der Waals surface area contributed by atoms with Crippen LogP contribution in [0.2, 0.25) is 0 Å². The molecule has 0 radical (unpaired) electrons. The van der Waals surface area contributed by atoms with E-state index in [9.17, 15) is 8.42 Å². The minimum atomic E-state index is -3.52. The van der Waals surface area contributed by atoms with E-state index in [2.05, 4.69) is 9.71 Å². The number of nitrogens with one attached hydrogen (secondary N) is 1. The van der Waals surface area contributed by atoms with Crippen LogP contribution in [0.1, 0.15) is 25.0 Å². The van der Waals surface area contributed by atoms with Gasteiger partial charge in [0.2, 0.25) is 10.0 Å². The third-order valence-electron chi connectivity index (χ3n) is 3.40. The molecule has 0 aliphatic carbocycles. The van der Waals surface area contributed by atoms with Gasteiger partial charge >= 0.3 is 0 Å². The fourth-order valence-corrected chi connectivity index (χ4v) is 3.42. The molecule has 132 valence electrons. The molecular weight excluding hydrogens is 427 g/mol. The molecular formula is C15H27IN4O2S. The molecule has 0 fully saturated rings. The zero-order valence-corrected chi connectivity index (χ0v) is 17.3. The topological polar surface area (TPSA) is 87.8 Å². The number of rotatable bonds is 7. The van der Waals surface area contributed by atoms with Gasteiger partial charge in [-0.3, -0.25) is 4.99 Å². The lowest BCUT2D eigenvalue weighted by Crippen LogP contribution is -2.37. The summed E-state index contributed by atoms with van der Waals surface area (Å²) in [6, 6.07) is 5.37. The first-order valence-corrected chi connectivity index (χ1v) is 8.92. The van der Waals surface area contributed by atoms with Gasteiger partial charge in [0.15, 0.2) is 5.96 Å². The van der Waals surface area contributed by atoms with Crippen LogP contribution >= 0.6 is 24.0 Å². The molecule has 6 nitrogen and oxygen atoms in total. The molecule has 0 aromatic heterocycles. The Morgan fingerprint density at radius 1 is 1.26 bits per heavy atom. The summed E-state index contributed by atoms with van der Waals surface area (Å²) in [5.41, 5.74) is 7.48. The summed E-state index contributed by atoms with van der Waals surface area (Å²) in [5.74, 6) is 0.441. The van der Waals surface area contributed by atoms with Crippen LogP contribution in [0.25, 0.3) is 0 Å². The Hall–Kier alpha value is -0.870. The number of nitrogens with two attached hydrogens (primary N) is 1. The number of guanidine groups is 1. The molecule has 0 spiro atoms. The van der Waals surface area contributed by atoms with E-state index < -0.39 is 10.0 Å². The van der Waals surface area contributed by atoms with Crippen molar-refractivity contribution in [2.45, 2.75) is 32.6 Å². The van der Waals surface area contributed by atoms with Crippen molar-refractivity contribution in [1.82, 2.24) is 9.62 Å². The van der Waals surface area contributed by atoms with Crippen molar-refractivity contribution >= 4 is 40.0 Å². The van der Waals surface area contributed by atoms with Crippen LogP contribution in [0.15, 0.2) is 28.1 Å². The van der Waals surface area contributed by atoms with Gasteiger partial charge in [-0.2, -0.15) is 0 Å². The van der Waals surface area contributed by atoms with E-state index in [1.165, 1.54) is 0 Å². The summed E-state index contributed by atoms with van der Waals surface area (Å²) in [5, 5.41) is 0. The maximum atomic E-state index is 12.3. The number of aryl methyl sites for hydroxylation is 2. The Balaban J connectivity index is 0.00000484. The highest BCUT2D eigenvalue weighted by molar-refractivity contribution is 14.0. The summed E-state index contributed by atoms with van der Waals surface area (Å²) in [4.78, 5) is 6.43. The van der Waals surface area contributed by atoms with Crippen LogP contribution in [0.3, 0.4) is 0 Å². The molecule has 1 aromatic rings. The van der Waals surface area contributed by atoms with E-state index in [1.807, 2.05) is 31.7 Å². The number of aliphatic imine (C=N–C) groups is 1. The predicted octanol–water partition coefficient (Wildman–Crippen LogP) is 1.86. The molecule has 0 unspecified atom stereocenters. The molecule has 1 rings (SSSR count). The van der Waals surface area contributed by atoms with Gasteiger partial charge in [0.1, 0.15) is 0 Å². The zero-order valence-electron chi connectivity index (χ0n) is 14.2. The van der Waals surface area contributed by atoms with E-state index in [1.54, 1.807) is 19.1 Å². The smallest absolute Gasteiger partial charge is 0.240 e. The van der Waals surface area contributed by atoms with Gasteiger partial charge in [-0.05, 0) is 44.9 Å². The first-order chi connectivity index (χ1) is 10.3. The standard InChI is InChI=1S/C15H26N4O2S.HI/c1-5-19(6-2)15(16)17-9-10-18-22(20,21)14-11-12(3)7-8-13(14)4;/h7-8,11,18H,5-6,9-10H2,1-4H3,(H2,16,17);1H. The quantitative estimate of drug-likeness (QED) is 0.285. The van der Waals surface area contributed by atoms with Crippen LogP contribution in [0.5, 0.6) is 0 Å². The van der Waals surface area contributed by atoms with Gasteiger partial charge in [-0.25, -0.2) is 13.1 Å². The summed E-state index contributed by atoms with van der Waals surface area (Å²) in [6.07, 6.45) is 0. The highest BCUT2D eigenvalue weighted by Crippen LogP contribution is 2.16. The molecule has 0 amide bonds. The minimum Gasteiger partial charge on any atom is -0.370 e. The van der Waals surface area contributed by atoms with E-state index in [0.717, 1.165) is 24.2 Å². The lowest BCUT2D eigenvalue weighted by molar-refractivity contribution is 0.458. The Morgan fingerprint density at radius 3 is 2.43 bits per heavy atom. The first kappa shape index (κ1) is 22.1. The van der Waals surface area contributed by atoms with E-state index in [4.69, 9.17) is 5.73 Å². The third kappa shape index (κ3) is 6.64. The lowest BCUT2D eigenvalue weighted by Gasteiger charge is -2.19. The minimum absolute atomic E-state index is 0. The number of sulfonamides is 1. The maximum Gasteiger partial charge on any atom is 0.240 e. The average molecular weight is 454 g/mol. The number of hydrogen-bond acceptors (Lipinski definition) is 3. The molecule has 0 saturated heterocycles. The van der Waals surface area contributed by atoms with Gasteiger partial charge in [-0.15, -0.1) is 24.0 Å². The van der Waals surface area contributed by atoms with Crippen LogP contribution < -0.4 is 10.5 Å². The van der Waals surface area contributed by atoms with E-state index in [-0.39, 0.29) is 30.5 Å². The van der Waals surface area contributed by atoms with Crippen molar-refractivity contribution < 1.29 is 8.42 Å². The Morgan fingerprint density at radius 2 is 1.87 bits per heavy atom. The molecule has 1 aromatic carbocycles. The van der Waals surface area contributed by atoms with E-state index >= 15 is 0 Å². The summed E-state index contributed by atoms with van der Waals surface area (Å²) < 4.78 is 27.2. The van der Waals surface area contributed by atoms with Crippen LogP contribution in [0.4, 0.5) is 0 Å². The van der Waals surface area contributed by atoms with Crippen molar-refractivity contribution in [1.29, 1.82) is 0 Å². The van der Waals surface area contributed by atoms with Crippen LogP contribution in [-0.4, -0.2) is 45.5 Å². The normalized spacial score (nSPS) is 11.9. The molecule has 0 aliphatic rings. The molecule has 3 N–H and O–H groups in total. The monoisotopic (exact) mass is 454 g/mol. The molecule has 0 heterocycles. The molecule has 8 heteroatoms. The highest BCUT2D eigenvalue weighted by Gasteiger charge is 2.16. The predicted molar refractivity (Wildman–Crippen MR) is 106 cm³/mol. The van der Waals surface area contributed by atoms with Gasteiger partial charge in [0, 0.05) is 19.6 Å².